The summed E-state index contributed by atoms with van der Waals surface area (Å²) in [5.41, 5.74) is 2.41. The molecule has 0 aliphatic carbocycles. The van der Waals surface area contributed by atoms with E-state index in [1.165, 1.54) is 0 Å². The van der Waals surface area contributed by atoms with Crippen molar-refractivity contribution in [2.24, 2.45) is 12.0 Å². The Kier molecular flexibility index (Phi) is 6.52. The Morgan fingerprint density at radius 1 is 1.44 bits per heavy atom. The normalized spacial score (nSPS) is 12.5. The average Bonchev–Trinajstić information content (AvgIpc) is 3.10. The third-order valence-corrected chi connectivity index (χ3v) is 5.10. The van der Waals surface area contributed by atoms with E-state index in [0.29, 0.717) is 0 Å². The van der Waals surface area contributed by atoms with Crippen LogP contribution in [0.3, 0.4) is 0 Å². The number of hydrogen-bond acceptors (Lipinski definition) is 3. The molecule has 2 aromatic heterocycles. The number of aryl methyl sites for hydroxylation is 1. The molecule has 2 rings (SSSR count). The summed E-state index contributed by atoms with van der Waals surface area (Å²) < 4.78 is 2.04. The summed E-state index contributed by atoms with van der Waals surface area (Å²) in [6, 6.07) is 1.98. The highest BCUT2D eigenvalue weighted by Gasteiger charge is 2.17. The van der Waals surface area contributed by atoms with E-state index in [0.717, 1.165) is 46.9 Å². The highest BCUT2D eigenvalue weighted by atomic mass is 35.5. The predicted octanol–water partition coefficient (Wildman–Crippen LogP) is 3.68. The fourth-order valence-corrected chi connectivity index (χ4v) is 3.77. The third kappa shape index (κ3) is 5.47. The SMILES string of the molecule is CN=C(NCCc1nc(C(C)(C)C)cs1)N(C)Cc1cc(Cl)cn1C. The summed E-state index contributed by atoms with van der Waals surface area (Å²) in [5.74, 6) is 0.866. The van der Waals surface area contributed by atoms with Crippen molar-refractivity contribution in [1.29, 1.82) is 0 Å². The summed E-state index contributed by atoms with van der Waals surface area (Å²) in [4.78, 5) is 11.2. The Morgan fingerprint density at radius 2 is 2.16 bits per heavy atom. The zero-order chi connectivity index (χ0) is 18.6. The number of hydrogen-bond donors (Lipinski definition) is 1. The lowest BCUT2D eigenvalue weighted by molar-refractivity contribution is 0.462. The maximum atomic E-state index is 6.06. The molecule has 2 heterocycles. The number of guanidine groups is 1. The molecule has 0 atom stereocenters. The van der Waals surface area contributed by atoms with Gasteiger partial charge in [0.2, 0.25) is 0 Å². The lowest BCUT2D eigenvalue weighted by atomic mass is 9.93. The molecule has 0 aliphatic heterocycles. The third-order valence-electron chi connectivity index (χ3n) is 3.99. The number of aromatic nitrogens is 2. The van der Waals surface area contributed by atoms with E-state index in [-0.39, 0.29) is 5.41 Å². The second-order valence-corrected chi connectivity index (χ2v) is 8.60. The summed E-state index contributed by atoms with van der Waals surface area (Å²) in [6.45, 7) is 8.13. The fourth-order valence-electron chi connectivity index (χ4n) is 2.48. The Hall–Kier alpha value is -1.53. The van der Waals surface area contributed by atoms with Gasteiger partial charge in [-0.3, -0.25) is 4.99 Å². The fraction of sp³-hybridized carbons (Fsp3) is 0.556. The van der Waals surface area contributed by atoms with Crippen molar-refractivity contribution in [1.82, 2.24) is 19.8 Å². The quantitative estimate of drug-likeness (QED) is 0.634. The van der Waals surface area contributed by atoms with E-state index in [4.69, 9.17) is 16.6 Å². The highest BCUT2D eigenvalue weighted by molar-refractivity contribution is 7.09. The zero-order valence-electron chi connectivity index (χ0n) is 15.9. The van der Waals surface area contributed by atoms with Gasteiger partial charge >= 0.3 is 0 Å². The number of rotatable bonds is 5. The van der Waals surface area contributed by atoms with Gasteiger partial charge in [0.25, 0.3) is 0 Å². The van der Waals surface area contributed by atoms with Gasteiger partial charge in [0.1, 0.15) is 0 Å². The number of aliphatic imine (C=N–C) groups is 1. The van der Waals surface area contributed by atoms with E-state index < -0.39 is 0 Å². The van der Waals surface area contributed by atoms with Gasteiger partial charge in [-0.1, -0.05) is 32.4 Å². The van der Waals surface area contributed by atoms with Crippen LogP contribution in [0, 0.1) is 0 Å². The molecular formula is C18H28ClN5S. The summed E-state index contributed by atoms with van der Waals surface area (Å²) in [6.07, 6.45) is 2.81. The van der Waals surface area contributed by atoms with Crippen molar-refractivity contribution in [3.05, 3.63) is 39.1 Å². The van der Waals surface area contributed by atoms with Crippen LogP contribution in [0.15, 0.2) is 22.6 Å². The molecule has 0 unspecified atom stereocenters. The van der Waals surface area contributed by atoms with E-state index in [1.54, 1.807) is 18.4 Å². The second kappa shape index (κ2) is 8.23. The number of nitrogens with zero attached hydrogens (tertiary/aromatic N) is 4. The van der Waals surface area contributed by atoms with Crippen molar-refractivity contribution in [3.8, 4) is 0 Å². The molecule has 0 aliphatic rings. The van der Waals surface area contributed by atoms with Gasteiger partial charge in [-0.25, -0.2) is 4.98 Å². The van der Waals surface area contributed by atoms with Gasteiger partial charge in [-0.2, -0.15) is 0 Å². The lowest BCUT2D eigenvalue weighted by Crippen LogP contribution is -2.39. The minimum absolute atomic E-state index is 0.106. The topological polar surface area (TPSA) is 45.5 Å². The molecule has 0 bridgehead atoms. The molecule has 25 heavy (non-hydrogen) atoms. The molecule has 0 aromatic carbocycles. The van der Waals surface area contributed by atoms with Gasteiger partial charge in [0.05, 0.1) is 22.3 Å². The van der Waals surface area contributed by atoms with Gasteiger partial charge < -0.3 is 14.8 Å². The van der Waals surface area contributed by atoms with Crippen LogP contribution in [0.5, 0.6) is 0 Å². The molecule has 5 nitrogen and oxygen atoms in total. The monoisotopic (exact) mass is 381 g/mol. The van der Waals surface area contributed by atoms with E-state index >= 15 is 0 Å². The zero-order valence-corrected chi connectivity index (χ0v) is 17.5. The van der Waals surface area contributed by atoms with E-state index in [2.05, 4.69) is 41.4 Å². The van der Waals surface area contributed by atoms with Crippen LogP contribution in [0.1, 0.15) is 37.2 Å². The van der Waals surface area contributed by atoms with Gasteiger partial charge in [-0.05, 0) is 6.07 Å². The predicted molar refractivity (Wildman–Crippen MR) is 108 cm³/mol. The molecule has 0 radical (unpaired) electrons. The van der Waals surface area contributed by atoms with Crippen LogP contribution in [-0.2, 0) is 25.4 Å². The number of thiazole rings is 1. The summed E-state index contributed by atoms with van der Waals surface area (Å²) >= 11 is 7.79. The smallest absolute Gasteiger partial charge is 0.193 e. The lowest BCUT2D eigenvalue weighted by Gasteiger charge is -2.22. The van der Waals surface area contributed by atoms with Crippen molar-refractivity contribution in [2.45, 2.75) is 39.2 Å². The molecular weight excluding hydrogens is 354 g/mol. The van der Waals surface area contributed by atoms with Crippen LogP contribution in [-0.4, -0.2) is 41.1 Å². The number of nitrogens with one attached hydrogen (secondary N) is 1. The molecule has 138 valence electrons. The number of halogens is 1. The molecule has 0 saturated carbocycles. The Morgan fingerprint density at radius 3 is 2.68 bits per heavy atom. The minimum Gasteiger partial charge on any atom is -0.356 e. The molecule has 0 saturated heterocycles. The molecule has 7 heteroatoms. The van der Waals surface area contributed by atoms with Crippen molar-refractivity contribution < 1.29 is 0 Å². The summed E-state index contributed by atoms with van der Waals surface area (Å²) in [7, 11) is 5.83. The first-order chi connectivity index (χ1) is 11.7. The standard InChI is InChI=1S/C18H28ClN5S/c1-18(2,3)15-12-25-16(22-15)7-8-21-17(20-4)24(6)11-14-9-13(19)10-23(14)5/h9-10,12H,7-8,11H2,1-6H3,(H,20,21). The first kappa shape index (κ1) is 19.8. The van der Waals surface area contributed by atoms with Gasteiger partial charge in [-0.15, -0.1) is 11.3 Å². The second-order valence-electron chi connectivity index (χ2n) is 7.22. The molecule has 0 amide bonds. The van der Waals surface area contributed by atoms with Crippen molar-refractivity contribution in [3.63, 3.8) is 0 Å². The highest BCUT2D eigenvalue weighted by Crippen LogP contribution is 2.23. The van der Waals surface area contributed by atoms with Crippen LogP contribution < -0.4 is 5.32 Å². The molecule has 1 N–H and O–H groups in total. The van der Waals surface area contributed by atoms with Crippen molar-refractivity contribution in [2.75, 3.05) is 20.6 Å². The molecule has 0 fully saturated rings. The van der Waals surface area contributed by atoms with Crippen LogP contribution in [0.2, 0.25) is 5.02 Å². The van der Waals surface area contributed by atoms with Crippen LogP contribution in [0.25, 0.3) is 0 Å². The Labute approximate surface area is 159 Å². The first-order valence-electron chi connectivity index (χ1n) is 8.38. The van der Waals surface area contributed by atoms with Crippen molar-refractivity contribution >= 4 is 28.9 Å². The van der Waals surface area contributed by atoms with Crippen LogP contribution >= 0.6 is 22.9 Å². The van der Waals surface area contributed by atoms with E-state index in [1.807, 2.05) is 30.9 Å². The average molecular weight is 382 g/mol. The molecule has 0 spiro atoms. The minimum atomic E-state index is 0.106. The maximum Gasteiger partial charge on any atom is 0.193 e. The maximum absolute atomic E-state index is 6.06. The Bertz CT molecular complexity index is 726. The first-order valence-corrected chi connectivity index (χ1v) is 9.64. The van der Waals surface area contributed by atoms with E-state index in [9.17, 15) is 0 Å². The van der Waals surface area contributed by atoms with Gasteiger partial charge in [0, 0.05) is 56.8 Å². The molecule has 2 aromatic rings. The van der Waals surface area contributed by atoms with Crippen LogP contribution in [0.4, 0.5) is 0 Å². The Balaban J connectivity index is 1.87. The largest absolute Gasteiger partial charge is 0.356 e. The van der Waals surface area contributed by atoms with Gasteiger partial charge in [0.15, 0.2) is 5.96 Å². The summed E-state index contributed by atoms with van der Waals surface area (Å²) in [5, 5.41) is 7.49.